The van der Waals surface area contributed by atoms with Crippen molar-refractivity contribution in [3.8, 4) is 5.75 Å². The van der Waals surface area contributed by atoms with Crippen LogP contribution in [-0.4, -0.2) is 7.11 Å². The van der Waals surface area contributed by atoms with Gasteiger partial charge in [0.25, 0.3) is 0 Å². The zero-order chi connectivity index (χ0) is 9.68. The van der Waals surface area contributed by atoms with Crippen LogP contribution in [0.25, 0.3) is 0 Å². The highest BCUT2D eigenvalue weighted by molar-refractivity contribution is 5.34. The quantitative estimate of drug-likeness (QED) is 0.687. The second kappa shape index (κ2) is 4.90. The Labute approximate surface area is 80.7 Å². The Morgan fingerprint density at radius 2 is 2.08 bits per heavy atom. The molecule has 0 heterocycles. The van der Waals surface area contributed by atoms with Gasteiger partial charge in [0.2, 0.25) is 0 Å². The van der Waals surface area contributed by atoms with Gasteiger partial charge in [-0.05, 0) is 43.0 Å². The molecule has 1 aromatic carbocycles. The van der Waals surface area contributed by atoms with Crippen molar-refractivity contribution < 1.29 is 4.74 Å². The zero-order valence-electron chi connectivity index (χ0n) is 8.76. The molecule has 0 aromatic heterocycles. The molecule has 0 atom stereocenters. The van der Waals surface area contributed by atoms with Gasteiger partial charge in [0.1, 0.15) is 5.75 Å². The van der Waals surface area contributed by atoms with Crippen LogP contribution in [0.15, 0.2) is 18.2 Å². The van der Waals surface area contributed by atoms with Gasteiger partial charge in [0, 0.05) is 0 Å². The predicted molar refractivity (Wildman–Crippen MR) is 56.3 cm³/mol. The van der Waals surface area contributed by atoms with Crippen LogP contribution in [0.2, 0.25) is 0 Å². The SMILES string of the molecule is CCCCc1cc(OC)ccc1C. The van der Waals surface area contributed by atoms with E-state index in [4.69, 9.17) is 4.74 Å². The molecule has 0 aliphatic heterocycles. The van der Waals surface area contributed by atoms with Crippen LogP contribution in [0.1, 0.15) is 30.9 Å². The van der Waals surface area contributed by atoms with Crippen LogP contribution in [0.4, 0.5) is 0 Å². The largest absolute Gasteiger partial charge is 0.497 e. The standard InChI is InChI=1S/C12H18O/c1-4-5-6-11-9-12(13-3)8-7-10(11)2/h7-9H,4-6H2,1-3H3. The lowest BCUT2D eigenvalue weighted by Crippen LogP contribution is -1.91. The average Bonchev–Trinajstić information content (AvgIpc) is 2.17. The van der Waals surface area contributed by atoms with Crippen molar-refractivity contribution in [2.24, 2.45) is 0 Å². The van der Waals surface area contributed by atoms with E-state index >= 15 is 0 Å². The second-order valence-corrected chi connectivity index (χ2v) is 3.40. The molecule has 0 aliphatic rings. The number of hydrogen-bond donors (Lipinski definition) is 0. The fraction of sp³-hybridized carbons (Fsp3) is 0.500. The van der Waals surface area contributed by atoms with E-state index in [1.807, 2.05) is 6.07 Å². The van der Waals surface area contributed by atoms with Gasteiger partial charge in [-0.15, -0.1) is 0 Å². The van der Waals surface area contributed by atoms with E-state index in [1.165, 1.54) is 30.4 Å². The molecule has 0 aliphatic carbocycles. The molecule has 1 rings (SSSR count). The summed E-state index contributed by atoms with van der Waals surface area (Å²) >= 11 is 0. The first-order chi connectivity index (χ1) is 6.27. The molecular weight excluding hydrogens is 160 g/mol. The fourth-order valence-electron chi connectivity index (χ4n) is 1.41. The van der Waals surface area contributed by atoms with Gasteiger partial charge in [0.05, 0.1) is 7.11 Å². The summed E-state index contributed by atoms with van der Waals surface area (Å²) in [5, 5.41) is 0. The minimum atomic E-state index is 0.969. The highest BCUT2D eigenvalue weighted by Gasteiger charge is 1.99. The molecular formula is C12H18O. The summed E-state index contributed by atoms with van der Waals surface area (Å²) in [7, 11) is 1.72. The molecule has 0 fully saturated rings. The van der Waals surface area contributed by atoms with Crippen molar-refractivity contribution in [1.29, 1.82) is 0 Å². The summed E-state index contributed by atoms with van der Waals surface area (Å²) < 4.78 is 5.19. The Bertz CT molecular complexity index is 266. The summed E-state index contributed by atoms with van der Waals surface area (Å²) in [4.78, 5) is 0. The normalized spacial score (nSPS) is 10.1. The van der Waals surface area contributed by atoms with Crippen LogP contribution in [-0.2, 0) is 6.42 Å². The Kier molecular flexibility index (Phi) is 3.81. The lowest BCUT2D eigenvalue weighted by molar-refractivity contribution is 0.414. The second-order valence-electron chi connectivity index (χ2n) is 3.40. The molecule has 0 saturated carbocycles. The number of aryl methyl sites for hydroxylation is 2. The highest BCUT2D eigenvalue weighted by Crippen LogP contribution is 2.18. The molecule has 1 heteroatoms. The molecule has 0 bridgehead atoms. The van der Waals surface area contributed by atoms with E-state index in [1.54, 1.807) is 7.11 Å². The van der Waals surface area contributed by atoms with Crippen molar-refractivity contribution in [2.75, 3.05) is 7.11 Å². The number of hydrogen-bond acceptors (Lipinski definition) is 1. The third-order valence-electron chi connectivity index (χ3n) is 2.36. The number of methoxy groups -OCH3 is 1. The zero-order valence-corrected chi connectivity index (χ0v) is 8.76. The minimum Gasteiger partial charge on any atom is -0.497 e. The van der Waals surface area contributed by atoms with Crippen molar-refractivity contribution in [3.63, 3.8) is 0 Å². The first-order valence-corrected chi connectivity index (χ1v) is 4.91. The van der Waals surface area contributed by atoms with Gasteiger partial charge >= 0.3 is 0 Å². The van der Waals surface area contributed by atoms with E-state index in [9.17, 15) is 0 Å². The van der Waals surface area contributed by atoms with Gasteiger partial charge in [-0.25, -0.2) is 0 Å². The van der Waals surface area contributed by atoms with E-state index in [0.717, 1.165) is 5.75 Å². The molecule has 1 nitrogen and oxygen atoms in total. The lowest BCUT2D eigenvalue weighted by Gasteiger charge is -2.07. The Hall–Kier alpha value is -0.980. The van der Waals surface area contributed by atoms with Gasteiger partial charge in [-0.1, -0.05) is 19.4 Å². The van der Waals surface area contributed by atoms with Crippen LogP contribution >= 0.6 is 0 Å². The third-order valence-corrected chi connectivity index (χ3v) is 2.36. The van der Waals surface area contributed by atoms with E-state index in [0.29, 0.717) is 0 Å². The molecule has 1 aromatic rings. The number of rotatable bonds is 4. The average molecular weight is 178 g/mol. The summed E-state index contributed by atoms with van der Waals surface area (Å²) in [5.41, 5.74) is 2.79. The maximum absolute atomic E-state index is 5.19. The van der Waals surface area contributed by atoms with E-state index in [2.05, 4.69) is 26.0 Å². The van der Waals surface area contributed by atoms with Gasteiger partial charge in [-0.3, -0.25) is 0 Å². The van der Waals surface area contributed by atoms with E-state index < -0.39 is 0 Å². The third kappa shape index (κ3) is 2.76. The van der Waals surface area contributed by atoms with Crippen LogP contribution in [0, 0.1) is 6.92 Å². The monoisotopic (exact) mass is 178 g/mol. The molecule has 0 amide bonds. The van der Waals surface area contributed by atoms with Crippen molar-refractivity contribution in [3.05, 3.63) is 29.3 Å². The van der Waals surface area contributed by atoms with Crippen molar-refractivity contribution in [2.45, 2.75) is 33.1 Å². The topological polar surface area (TPSA) is 9.23 Å². The molecule has 0 radical (unpaired) electrons. The summed E-state index contributed by atoms with van der Waals surface area (Å²) in [6, 6.07) is 6.29. The minimum absolute atomic E-state index is 0.969. The molecule has 0 saturated heterocycles. The van der Waals surface area contributed by atoms with Crippen molar-refractivity contribution >= 4 is 0 Å². The van der Waals surface area contributed by atoms with Gasteiger partial charge < -0.3 is 4.74 Å². The Morgan fingerprint density at radius 1 is 1.31 bits per heavy atom. The smallest absolute Gasteiger partial charge is 0.119 e. The van der Waals surface area contributed by atoms with Crippen LogP contribution in [0.3, 0.4) is 0 Å². The summed E-state index contributed by atoms with van der Waals surface area (Å²) in [6.07, 6.45) is 3.67. The Balaban J connectivity index is 2.78. The molecule has 0 spiro atoms. The number of benzene rings is 1. The Morgan fingerprint density at radius 3 is 2.69 bits per heavy atom. The maximum atomic E-state index is 5.19. The fourth-order valence-corrected chi connectivity index (χ4v) is 1.41. The molecule has 0 N–H and O–H groups in total. The molecule has 72 valence electrons. The lowest BCUT2D eigenvalue weighted by atomic mass is 10.0. The predicted octanol–water partition coefficient (Wildman–Crippen LogP) is 3.35. The van der Waals surface area contributed by atoms with Gasteiger partial charge in [-0.2, -0.15) is 0 Å². The highest BCUT2D eigenvalue weighted by atomic mass is 16.5. The van der Waals surface area contributed by atoms with E-state index in [-0.39, 0.29) is 0 Å². The number of unbranched alkanes of at least 4 members (excludes halogenated alkanes) is 1. The van der Waals surface area contributed by atoms with Crippen LogP contribution < -0.4 is 4.74 Å². The number of ether oxygens (including phenoxy) is 1. The molecule has 0 unspecified atom stereocenters. The first-order valence-electron chi connectivity index (χ1n) is 4.91. The first kappa shape index (κ1) is 10.1. The summed E-state index contributed by atoms with van der Waals surface area (Å²) in [6.45, 7) is 4.37. The van der Waals surface area contributed by atoms with Crippen LogP contribution in [0.5, 0.6) is 5.75 Å². The molecule has 13 heavy (non-hydrogen) atoms. The van der Waals surface area contributed by atoms with Gasteiger partial charge in [0.15, 0.2) is 0 Å². The maximum Gasteiger partial charge on any atom is 0.119 e. The summed E-state index contributed by atoms with van der Waals surface area (Å²) in [5.74, 6) is 0.969. The van der Waals surface area contributed by atoms with Crippen molar-refractivity contribution in [1.82, 2.24) is 0 Å².